The Morgan fingerprint density at radius 2 is 1.60 bits per heavy atom. The second-order valence-electron chi connectivity index (χ2n) is 0.250. The summed E-state index contributed by atoms with van der Waals surface area (Å²) in [5.74, 6) is 0. The van der Waals surface area contributed by atoms with Gasteiger partial charge in [-0.25, -0.2) is 0 Å². The van der Waals surface area contributed by atoms with E-state index in [9.17, 15) is 0 Å². The third-order valence-corrected chi connectivity index (χ3v) is 0. The van der Waals surface area contributed by atoms with E-state index in [4.69, 9.17) is 14.1 Å². The standard InChI is InChI=1S/Al.O3Si.H/c;1-4(2)3;/q+3;-2;-1. The van der Waals surface area contributed by atoms with Gasteiger partial charge in [0.2, 0.25) is 0 Å². The minimum atomic E-state index is -3.63. The minimum absolute atomic E-state index is 0. The van der Waals surface area contributed by atoms with E-state index in [0.29, 0.717) is 0 Å². The molecule has 5 heteroatoms. The zero-order valence-corrected chi connectivity index (χ0v) is 4.46. The van der Waals surface area contributed by atoms with Gasteiger partial charge in [0.25, 0.3) is 0 Å². The van der Waals surface area contributed by atoms with Crippen molar-refractivity contribution in [2.24, 2.45) is 0 Å². The van der Waals surface area contributed by atoms with Crippen LogP contribution in [0.5, 0.6) is 0 Å². The molecule has 0 aromatic heterocycles. The Morgan fingerprint density at radius 3 is 1.60 bits per heavy atom. The molecule has 0 amide bonds. The summed E-state index contributed by atoms with van der Waals surface area (Å²) in [7, 11) is -3.63. The van der Waals surface area contributed by atoms with Gasteiger partial charge in [0.05, 0.1) is 0 Å². The Kier molecular flexibility index (Phi) is 7.42. The van der Waals surface area contributed by atoms with Crippen LogP contribution in [-0.4, -0.2) is 26.5 Å². The van der Waals surface area contributed by atoms with E-state index in [1.165, 1.54) is 0 Å². The Bertz CT molecular complexity index is 33.8. The zero-order valence-electron chi connectivity index (χ0n) is 3.30. The fraction of sp³-hybridized carbons (Fsp3) is 0. The van der Waals surface area contributed by atoms with Crippen LogP contribution in [0, 0.1) is 0 Å². The van der Waals surface area contributed by atoms with Crippen LogP contribution in [0.15, 0.2) is 0 Å². The molecule has 0 rings (SSSR count). The van der Waals surface area contributed by atoms with Crippen LogP contribution in [-0.2, 0) is 4.46 Å². The summed E-state index contributed by atoms with van der Waals surface area (Å²) in [4.78, 5) is 17.0. The van der Waals surface area contributed by atoms with Crippen LogP contribution in [0.1, 0.15) is 1.43 Å². The van der Waals surface area contributed by atoms with Crippen molar-refractivity contribution >= 4 is 26.5 Å². The summed E-state index contributed by atoms with van der Waals surface area (Å²) in [6.45, 7) is 0. The third kappa shape index (κ3) is 859. The van der Waals surface area contributed by atoms with Gasteiger partial charge in [-0.3, -0.25) is 0 Å². The van der Waals surface area contributed by atoms with Crippen LogP contribution in [0.3, 0.4) is 0 Å². The molecular formula is HAlO3Si. The molecule has 0 aliphatic carbocycles. The second kappa shape index (κ2) is 4.15. The molecule has 0 saturated carbocycles. The molecule has 0 atom stereocenters. The maximum absolute atomic E-state index is 8.52. The average molecular weight is 104 g/mol. The van der Waals surface area contributed by atoms with Crippen molar-refractivity contribution in [3.63, 3.8) is 0 Å². The molecule has 0 aromatic carbocycles. The smallest absolute Gasteiger partial charge is 1.00 e. The maximum atomic E-state index is 8.52. The predicted octanol–water partition coefficient (Wildman–Crippen LogP) is -3.15. The monoisotopic (exact) mass is 104 g/mol. The van der Waals surface area contributed by atoms with Crippen molar-refractivity contribution in [2.45, 2.75) is 0 Å². The summed E-state index contributed by atoms with van der Waals surface area (Å²) in [5.41, 5.74) is 0. The Balaban J connectivity index is -0.0000000450. The Morgan fingerprint density at radius 1 is 1.60 bits per heavy atom. The van der Waals surface area contributed by atoms with E-state index < -0.39 is 9.17 Å². The minimum Gasteiger partial charge on any atom is -1.00 e. The third-order valence-electron chi connectivity index (χ3n) is 0. The van der Waals surface area contributed by atoms with Crippen molar-refractivity contribution in [2.75, 3.05) is 0 Å². The molecule has 0 aromatic rings. The molecule has 26 valence electrons. The number of hydrogen-bond donors (Lipinski definition) is 0. The SMILES string of the molecule is O=[Si]([O-])[O-].[Al+3].[H-]. The van der Waals surface area contributed by atoms with Gasteiger partial charge in [-0.05, 0) is 0 Å². The summed E-state index contributed by atoms with van der Waals surface area (Å²) in [5, 5.41) is 0. The maximum Gasteiger partial charge on any atom is 3.00 e. The molecule has 5 heavy (non-hydrogen) atoms. The van der Waals surface area contributed by atoms with E-state index in [0.717, 1.165) is 0 Å². The van der Waals surface area contributed by atoms with Crippen molar-refractivity contribution in [1.82, 2.24) is 0 Å². The first-order chi connectivity index (χ1) is 1.73. The average Bonchev–Trinajstić information content (AvgIpc) is 0.811. The molecule has 0 unspecified atom stereocenters. The first kappa shape index (κ1) is 8.94. The summed E-state index contributed by atoms with van der Waals surface area (Å²) in [6.07, 6.45) is 0. The van der Waals surface area contributed by atoms with Crippen molar-refractivity contribution < 1.29 is 15.5 Å². The molecular weight excluding hydrogens is 103 g/mol. The van der Waals surface area contributed by atoms with E-state index >= 15 is 0 Å². The van der Waals surface area contributed by atoms with Gasteiger partial charge in [-0.2, -0.15) is 0 Å². The molecule has 0 aliphatic heterocycles. The topological polar surface area (TPSA) is 63.2 Å². The first-order valence-electron chi connectivity index (χ1n) is 0.612. The van der Waals surface area contributed by atoms with Gasteiger partial charge in [0.1, 0.15) is 0 Å². The summed E-state index contributed by atoms with van der Waals surface area (Å²) >= 11 is 0. The molecule has 3 nitrogen and oxygen atoms in total. The van der Waals surface area contributed by atoms with Crippen LogP contribution < -0.4 is 9.59 Å². The van der Waals surface area contributed by atoms with E-state index in [1.54, 1.807) is 0 Å². The second-order valence-corrected chi connectivity index (χ2v) is 0.750. The molecule has 0 N–H and O–H groups in total. The van der Waals surface area contributed by atoms with Gasteiger partial charge in [0, 0.05) is 9.17 Å². The molecule has 0 aliphatic rings. The molecule has 0 radical (unpaired) electrons. The molecule has 0 fully saturated rings. The van der Waals surface area contributed by atoms with E-state index in [2.05, 4.69) is 0 Å². The van der Waals surface area contributed by atoms with E-state index in [1.807, 2.05) is 0 Å². The van der Waals surface area contributed by atoms with Crippen LogP contribution in [0.25, 0.3) is 0 Å². The quantitative estimate of drug-likeness (QED) is 0.305. The fourth-order valence-corrected chi connectivity index (χ4v) is 0. The summed E-state index contributed by atoms with van der Waals surface area (Å²) < 4.78 is 8.52. The molecule has 0 bridgehead atoms. The van der Waals surface area contributed by atoms with Crippen molar-refractivity contribution in [1.29, 1.82) is 0 Å². The number of rotatable bonds is 0. The Labute approximate surface area is 42.8 Å². The van der Waals surface area contributed by atoms with Crippen LogP contribution in [0.4, 0.5) is 0 Å². The number of hydrogen-bond acceptors (Lipinski definition) is 3. The van der Waals surface area contributed by atoms with Gasteiger partial charge < -0.3 is 15.5 Å². The zero-order chi connectivity index (χ0) is 3.58. The molecule has 0 heterocycles. The van der Waals surface area contributed by atoms with Crippen LogP contribution in [0.2, 0.25) is 0 Å². The van der Waals surface area contributed by atoms with Crippen molar-refractivity contribution in [3.8, 4) is 0 Å². The molecule has 0 spiro atoms. The fourth-order valence-electron chi connectivity index (χ4n) is 0. The van der Waals surface area contributed by atoms with Crippen molar-refractivity contribution in [3.05, 3.63) is 0 Å². The van der Waals surface area contributed by atoms with Gasteiger partial charge in [-0.15, -0.1) is 0 Å². The summed E-state index contributed by atoms with van der Waals surface area (Å²) in [6, 6.07) is 0. The van der Waals surface area contributed by atoms with Crippen LogP contribution >= 0.6 is 0 Å². The molecule has 0 saturated heterocycles. The van der Waals surface area contributed by atoms with Gasteiger partial charge in [-0.1, -0.05) is 0 Å². The predicted molar refractivity (Wildman–Crippen MR) is 13.3 cm³/mol. The largest absolute Gasteiger partial charge is 3.00 e. The Hall–Kier alpha value is 0.149. The first-order valence-corrected chi connectivity index (χ1v) is 1.84. The van der Waals surface area contributed by atoms with E-state index in [-0.39, 0.29) is 18.8 Å². The normalized spacial score (nSPS) is 4.80. The van der Waals surface area contributed by atoms with Gasteiger partial charge in [0.15, 0.2) is 0 Å². The van der Waals surface area contributed by atoms with Gasteiger partial charge >= 0.3 is 17.4 Å².